The van der Waals surface area contributed by atoms with Crippen LogP contribution in [0.5, 0.6) is 0 Å². The number of nitrogens with zero attached hydrogens (tertiary/aromatic N) is 4. The summed E-state index contributed by atoms with van der Waals surface area (Å²) in [6.45, 7) is 5.51. The lowest BCUT2D eigenvalue weighted by Crippen LogP contribution is -2.63. The summed E-state index contributed by atoms with van der Waals surface area (Å²) in [5.74, 6) is 0.577. The van der Waals surface area contributed by atoms with Gasteiger partial charge in [0.1, 0.15) is 11.3 Å². The Morgan fingerprint density at radius 3 is 2.77 bits per heavy atom. The molecule has 0 aromatic carbocycles. The molecule has 6 nitrogen and oxygen atoms in total. The molecule has 26 heavy (non-hydrogen) atoms. The lowest BCUT2D eigenvalue weighted by atomic mass is 9.85. The second kappa shape index (κ2) is 6.83. The molecule has 1 amide bonds. The third kappa shape index (κ3) is 3.87. The summed E-state index contributed by atoms with van der Waals surface area (Å²) >= 11 is 5.80. The predicted molar refractivity (Wildman–Crippen MR) is 98.3 cm³/mol. The zero-order chi connectivity index (χ0) is 19.1. The van der Waals surface area contributed by atoms with Gasteiger partial charge in [-0.2, -0.15) is 0 Å². The molecule has 2 saturated heterocycles. The maximum atomic E-state index is 16.0. The van der Waals surface area contributed by atoms with Crippen molar-refractivity contribution in [2.45, 2.75) is 69.8 Å². The van der Waals surface area contributed by atoms with Crippen molar-refractivity contribution in [1.82, 2.24) is 15.1 Å². The van der Waals surface area contributed by atoms with E-state index in [0.717, 1.165) is 12.8 Å². The van der Waals surface area contributed by atoms with E-state index in [0.29, 0.717) is 23.8 Å². The number of aromatic nitrogens is 2. The number of amides is 1. The van der Waals surface area contributed by atoms with Crippen LogP contribution in [0.1, 0.15) is 46.5 Å². The number of rotatable bonds is 2. The molecule has 2 bridgehead atoms. The van der Waals surface area contributed by atoms with Crippen LogP contribution in [-0.2, 0) is 4.74 Å². The number of anilines is 1. The number of fused-ring (bicyclic) bond motifs is 4. The van der Waals surface area contributed by atoms with Crippen molar-refractivity contribution in [2.75, 3.05) is 18.5 Å². The van der Waals surface area contributed by atoms with E-state index in [1.54, 1.807) is 17.0 Å². The molecule has 3 fully saturated rings. The summed E-state index contributed by atoms with van der Waals surface area (Å²) in [5, 5.41) is 8.23. The number of hydrogen-bond acceptors (Lipinski definition) is 5. The average Bonchev–Trinajstić information content (AvgIpc) is 2.81. The van der Waals surface area contributed by atoms with E-state index >= 15 is 4.39 Å². The summed E-state index contributed by atoms with van der Waals surface area (Å²) in [4.78, 5) is 16.0. The van der Waals surface area contributed by atoms with E-state index in [-0.39, 0.29) is 18.6 Å². The minimum atomic E-state index is -1.51. The Hall–Kier alpha value is -1.63. The molecule has 0 radical (unpaired) electrons. The fraction of sp³-hybridized carbons (Fsp3) is 0.722. The fourth-order valence-electron chi connectivity index (χ4n) is 3.96. The molecule has 2 aliphatic heterocycles. The van der Waals surface area contributed by atoms with Gasteiger partial charge in [-0.15, -0.1) is 10.2 Å². The number of alkyl halides is 1. The lowest BCUT2D eigenvalue weighted by Gasteiger charge is -2.48. The van der Waals surface area contributed by atoms with E-state index in [1.165, 1.54) is 0 Å². The molecule has 1 aromatic rings. The minimum absolute atomic E-state index is 0.0380. The van der Waals surface area contributed by atoms with Crippen LogP contribution in [0.2, 0.25) is 5.15 Å². The van der Waals surface area contributed by atoms with Gasteiger partial charge in [-0.1, -0.05) is 11.6 Å². The molecule has 1 aliphatic carbocycles. The van der Waals surface area contributed by atoms with E-state index in [1.807, 2.05) is 32.7 Å². The molecule has 8 heteroatoms. The van der Waals surface area contributed by atoms with Gasteiger partial charge in [0.05, 0.1) is 12.6 Å². The molecule has 4 rings (SSSR count). The van der Waals surface area contributed by atoms with Gasteiger partial charge in [0.15, 0.2) is 11.0 Å². The van der Waals surface area contributed by atoms with E-state index in [9.17, 15) is 4.79 Å². The van der Waals surface area contributed by atoms with Gasteiger partial charge in [0.25, 0.3) is 0 Å². The Morgan fingerprint density at radius 1 is 1.42 bits per heavy atom. The maximum Gasteiger partial charge on any atom is 0.410 e. The second-order valence-electron chi connectivity index (χ2n) is 8.27. The number of piperidine rings is 1. The van der Waals surface area contributed by atoms with Gasteiger partial charge in [0, 0.05) is 13.1 Å². The minimum Gasteiger partial charge on any atom is -0.444 e. The summed E-state index contributed by atoms with van der Waals surface area (Å²) < 4.78 is 21.5. The van der Waals surface area contributed by atoms with Crippen LogP contribution in [0.25, 0.3) is 0 Å². The standard InChI is InChI=1S/C18H26ClFN4O2/c1-17(2,3)26-16(25)24-11-18(20)9-5-6-12(24)10-13(18)23(4)15-8-7-14(19)21-22-15/h7-8,12-13H,5-6,9-11H2,1-4H3/t12-,13-,18?/m1/s1. The first-order chi connectivity index (χ1) is 12.1. The van der Waals surface area contributed by atoms with Crippen LogP contribution in [0, 0.1) is 0 Å². The van der Waals surface area contributed by atoms with E-state index in [2.05, 4.69) is 10.2 Å². The first-order valence-corrected chi connectivity index (χ1v) is 9.37. The number of carbonyl (C=O) groups is 1. The molecule has 1 unspecified atom stereocenters. The van der Waals surface area contributed by atoms with Gasteiger partial charge >= 0.3 is 6.09 Å². The smallest absolute Gasteiger partial charge is 0.410 e. The van der Waals surface area contributed by atoms with Gasteiger partial charge in [0.2, 0.25) is 0 Å². The Bertz CT molecular complexity index is 666. The van der Waals surface area contributed by atoms with Crippen molar-refractivity contribution in [3.05, 3.63) is 17.3 Å². The highest BCUT2D eigenvalue weighted by atomic mass is 35.5. The van der Waals surface area contributed by atoms with Crippen molar-refractivity contribution in [3.8, 4) is 0 Å². The van der Waals surface area contributed by atoms with Crippen molar-refractivity contribution >= 4 is 23.5 Å². The van der Waals surface area contributed by atoms with Crippen molar-refractivity contribution < 1.29 is 13.9 Å². The van der Waals surface area contributed by atoms with Crippen molar-refractivity contribution in [1.29, 1.82) is 0 Å². The Morgan fingerprint density at radius 2 is 2.15 bits per heavy atom. The van der Waals surface area contributed by atoms with Crippen LogP contribution >= 0.6 is 11.6 Å². The highest BCUT2D eigenvalue weighted by Crippen LogP contribution is 2.42. The predicted octanol–water partition coefficient (Wildman–Crippen LogP) is 3.84. The van der Waals surface area contributed by atoms with Crippen LogP contribution in [0.3, 0.4) is 0 Å². The molecule has 0 N–H and O–H groups in total. The maximum absolute atomic E-state index is 16.0. The topological polar surface area (TPSA) is 58.6 Å². The fourth-order valence-corrected chi connectivity index (χ4v) is 4.06. The highest BCUT2D eigenvalue weighted by molar-refractivity contribution is 6.29. The third-order valence-corrected chi connectivity index (χ3v) is 5.37. The van der Waals surface area contributed by atoms with Gasteiger partial charge in [-0.05, 0) is 58.6 Å². The number of hydrogen-bond donors (Lipinski definition) is 0. The lowest BCUT2D eigenvalue weighted by molar-refractivity contribution is -0.0242. The molecular formula is C18H26ClFN4O2. The summed E-state index contributed by atoms with van der Waals surface area (Å²) in [7, 11) is 1.82. The van der Waals surface area contributed by atoms with Crippen LogP contribution in [0.15, 0.2) is 12.1 Å². The van der Waals surface area contributed by atoms with Gasteiger partial charge in [-0.3, -0.25) is 0 Å². The Kier molecular flexibility index (Phi) is 5.03. The summed E-state index contributed by atoms with van der Waals surface area (Å²) in [6, 6.07) is 2.98. The zero-order valence-electron chi connectivity index (χ0n) is 15.7. The Balaban J connectivity index is 1.82. The molecular weight excluding hydrogens is 359 g/mol. The number of carbonyl (C=O) groups excluding carboxylic acids is 1. The monoisotopic (exact) mass is 384 g/mol. The molecule has 1 aromatic heterocycles. The van der Waals surface area contributed by atoms with Crippen molar-refractivity contribution in [2.24, 2.45) is 0 Å². The summed E-state index contributed by atoms with van der Waals surface area (Å²) in [6.07, 6.45) is 2.05. The number of ether oxygens (including phenoxy) is 1. The molecule has 3 atom stereocenters. The number of halogens is 2. The van der Waals surface area contributed by atoms with E-state index in [4.69, 9.17) is 16.3 Å². The average molecular weight is 385 g/mol. The van der Waals surface area contributed by atoms with Crippen LogP contribution in [0.4, 0.5) is 15.0 Å². The highest BCUT2D eigenvalue weighted by Gasteiger charge is 2.53. The van der Waals surface area contributed by atoms with Gasteiger partial charge < -0.3 is 14.5 Å². The van der Waals surface area contributed by atoms with Gasteiger partial charge in [-0.25, -0.2) is 9.18 Å². The molecule has 3 aliphatic rings. The quantitative estimate of drug-likeness (QED) is 0.775. The zero-order valence-corrected chi connectivity index (χ0v) is 16.5. The van der Waals surface area contributed by atoms with Crippen LogP contribution in [-0.4, -0.2) is 58.1 Å². The molecule has 1 saturated carbocycles. The molecule has 3 heterocycles. The molecule has 144 valence electrons. The third-order valence-electron chi connectivity index (χ3n) is 5.17. The Labute approximate surface area is 158 Å². The SMILES string of the molecule is CN(c1ccc(Cl)nn1)[C@@H]1C[C@H]2CCCC1(F)CN2C(=O)OC(C)(C)C. The van der Waals surface area contributed by atoms with E-state index < -0.39 is 17.4 Å². The first kappa shape index (κ1) is 19.1. The summed E-state index contributed by atoms with van der Waals surface area (Å²) in [5.41, 5.74) is -2.11. The normalized spacial score (nSPS) is 28.6. The largest absolute Gasteiger partial charge is 0.444 e. The second-order valence-corrected chi connectivity index (χ2v) is 8.65. The molecule has 0 spiro atoms. The first-order valence-electron chi connectivity index (χ1n) is 9.00. The van der Waals surface area contributed by atoms with Crippen molar-refractivity contribution in [3.63, 3.8) is 0 Å². The van der Waals surface area contributed by atoms with Crippen LogP contribution < -0.4 is 4.90 Å².